The first-order chi connectivity index (χ1) is 51.6. The van der Waals surface area contributed by atoms with Crippen molar-refractivity contribution in [3.8, 4) is 100 Å². The largest absolute Gasteiger partial charge is 0.456 e. The summed E-state index contributed by atoms with van der Waals surface area (Å²) in [5.74, 6) is 0. The van der Waals surface area contributed by atoms with E-state index < -0.39 is 0 Å². The molecule has 18 aromatic carbocycles. The monoisotopic (exact) mass is 1320 g/mol. The SMILES string of the molecule is c1cc(-c2c3ccccc3c(-c3ccccc3-c3ccc4oc5ccc(-c6ccc7oc8ccc(-c9ccccc9-c9c%10ccccc%10c(-c%10ccccc%10-c%10ccc%11oc%12ccccc%12c%11c%10)c%10ccccc9%10)cc8c7c6)cc5c4c3)c3ccccc23)cc(-c2cccc3c2[nH]c2ccccc23)c1. The van der Waals surface area contributed by atoms with E-state index in [1.807, 2.05) is 12.1 Å². The first kappa shape index (κ1) is 58.0. The summed E-state index contributed by atoms with van der Waals surface area (Å²) in [5, 5.41) is 18.6. The first-order valence-electron chi connectivity index (χ1n) is 35.7. The number of benzene rings is 18. The molecule has 482 valence electrons. The Kier molecular flexibility index (Phi) is 12.8. The van der Waals surface area contributed by atoms with Crippen molar-refractivity contribution < 1.29 is 13.3 Å². The van der Waals surface area contributed by atoms with Crippen LogP contribution in [0.3, 0.4) is 0 Å². The van der Waals surface area contributed by atoms with E-state index in [9.17, 15) is 0 Å². The Balaban J connectivity index is 0.628. The number of hydrogen-bond acceptors (Lipinski definition) is 3. The third-order valence-electron chi connectivity index (χ3n) is 22.0. The predicted octanol–water partition coefficient (Wildman–Crippen LogP) is 28.6. The zero-order valence-corrected chi connectivity index (χ0v) is 56.2. The van der Waals surface area contributed by atoms with Crippen molar-refractivity contribution >= 4 is 131 Å². The number of aromatic nitrogens is 1. The van der Waals surface area contributed by atoms with Gasteiger partial charge >= 0.3 is 0 Å². The molecule has 0 aliphatic rings. The number of rotatable bonds is 9. The van der Waals surface area contributed by atoms with Crippen LogP contribution in [0, 0.1) is 0 Å². The summed E-state index contributed by atoms with van der Waals surface area (Å²) in [6.07, 6.45) is 0. The van der Waals surface area contributed by atoms with Crippen molar-refractivity contribution in [1.29, 1.82) is 0 Å². The maximum atomic E-state index is 6.70. The molecule has 0 amide bonds. The van der Waals surface area contributed by atoms with Gasteiger partial charge in [-0.3, -0.25) is 0 Å². The minimum atomic E-state index is 0.845. The second-order valence-corrected chi connectivity index (χ2v) is 27.7. The Bertz CT molecular complexity index is 7260. The van der Waals surface area contributed by atoms with E-state index in [1.165, 1.54) is 115 Å². The molecular formula is C100H59NO3. The fourth-order valence-corrected chi connectivity index (χ4v) is 17.4. The number of H-pyrrole nitrogens is 1. The van der Waals surface area contributed by atoms with Crippen LogP contribution in [0.15, 0.2) is 365 Å². The van der Waals surface area contributed by atoms with E-state index in [1.54, 1.807) is 0 Å². The van der Waals surface area contributed by atoms with Crippen LogP contribution in [-0.2, 0) is 0 Å². The highest BCUT2D eigenvalue weighted by molar-refractivity contribution is 6.26. The lowest BCUT2D eigenvalue weighted by atomic mass is 9.82. The summed E-state index contributed by atoms with van der Waals surface area (Å²) in [5.41, 5.74) is 28.5. The van der Waals surface area contributed by atoms with E-state index in [0.29, 0.717) is 0 Å². The molecule has 0 aliphatic heterocycles. The molecule has 0 saturated heterocycles. The molecule has 1 N–H and O–H groups in total. The molecule has 22 aromatic rings. The van der Waals surface area contributed by atoms with Gasteiger partial charge in [0.05, 0.1) is 5.52 Å². The number of furan rings is 3. The van der Waals surface area contributed by atoms with Crippen molar-refractivity contribution in [3.05, 3.63) is 352 Å². The minimum absolute atomic E-state index is 0.845. The standard InChI is InChI=1S/C100H59NO3/c1-5-29-73(66(23-1)62-45-50-91-84(56-62)71-27-16-18-42-90(71)102-91)98-79-35-11-13-37-81(79)99(82-38-14-12-36-80(82)98)74-30-6-3-25-68(74)64-47-52-95-88(58-64)86-55-60(44-49-93(86)104-95)59-43-48-92-85(54-59)87-57-63(46-51-94(87)103-92)67-24-2-4-28-72(67)97-77-33-9-7-31-75(77)96(76-32-8-10-34-78(76)97)65-22-19-21-61(53-65)69-39-20-40-83-70-26-15-17-41-89(70)101-100(69)83/h1-58,101H. The first-order valence-corrected chi connectivity index (χ1v) is 35.7. The molecule has 4 nitrogen and oxygen atoms in total. The van der Waals surface area contributed by atoms with Crippen LogP contribution in [0.1, 0.15) is 0 Å². The van der Waals surface area contributed by atoms with Gasteiger partial charge in [0.15, 0.2) is 0 Å². The van der Waals surface area contributed by atoms with Gasteiger partial charge in [-0.2, -0.15) is 0 Å². The van der Waals surface area contributed by atoms with Crippen molar-refractivity contribution in [2.45, 2.75) is 0 Å². The van der Waals surface area contributed by atoms with E-state index in [4.69, 9.17) is 13.3 Å². The summed E-state index contributed by atoms with van der Waals surface area (Å²) in [6.45, 7) is 0. The topological polar surface area (TPSA) is 55.2 Å². The average molecular weight is 1320 g/mol. The summed E-state index contributed by atoms with van der Waals surface area (Å²) < 4.78 is 19.7. The van der Waals surface area contributed by atoms with Gasteiger partial charge in [0.2, 0.25) is 0 Å². The van der Waals surface area contributed by atoms with Crippen molar-refractivity contribution in [1.82, 2.24) is 4.98 Å². The van der Waals surface area contributed by atoms with Crippen LogP contribution in [0.2, 0.25) is 0 Å². The molecule has 0 saturated carbocycles. The van der Waals surface area contributed by atoms with Gasteiger partial charge in [-0.1, -0.05) is 273 Å². The van der Waals surface area contributed by atoms with E-state index in [2.05, 4.69) is 345 Å². The molecule has 22 rings (SSSR count). The number of fused-ring (bicyclic) bond motifs is 16. The lowest BCUT2D eigenvalue weighted by Crippen LogP contribution is -1.94. The molecule has 0 fully saturated rings. The molecule has 0 unspecified atom stereocenters. The number of aromatic amines is 1. The summed E-state index contributed by atoms with van der Waals surface area (Å²) in [6, 6.07) is 128. The normalized spacial score (nSPS) is 12.0. The van der Waals surface area contributed by atoms with Gasteiger partial charge in [-0.25, -0.2) is 0 Å². The van der Waals surface area contributed by atoms with Crippen LogP contribution in [0.5, 0.6) is 0 Å². The minimum Gasteiger partial charge on any atom is -0.456 e. The molecule has 0 spiro atoms. The zero-order chi connectivity index (χ0) is 68.1. The second-order valence-electron chi connectivity index (χ2n) is 27.7. The highest BCUT2D eigenvalue weighted by atomic mass is 16.3. The molecule has 0 atom stereocenters. The molecule has 4 aromatic heterocycles. The molecule has 0 radical (unpaired) electrons. The van der Waals surface area contributed by atoms with E-state index in [0.717, 1.165) is 116 Å². The second kappa shape index (κ2) is 22.9. The van der Waals surface area contributed by atoms with Crippen LogP contribution in [0.4, 0.5) is 0 Å². The number of nitrogens with one attached hydrogen (secondary N) is 1. The molecule has 104 heavy (non-hydrogen) atoms. The summed E-state index contributed by atoms with van der Waals surface area (Å²) in [7, 11) is 0. The third kappa shape index (κ3) is 8.92. The smallest absolute Gasteiger partial charge is 0.135 e. The lowest BCUT2D eigenvalue weighted by molar-refractivity contribution is 0.668. The fourth-order valence-electron chi connectivity index (χ4n) is 17.4. The zero-order valence-electron chi connectivity index (χ0n) is 56.2. The quantitative estimate of drug-likeness (QED) is 0.147. The van der Waals surface area contributed by atoms with Crippen LogP contribution in [-0.4, -0.2) is 4.98 Å². The summed E-state index contributed by atoms with van der Waals surface area (Å²) >= 11 is 0. The lowest BCUT2D eigenvalue weighted by Gasteiger charge is -2.21. The number of para-hydroxylation sites is 3. The maximum Gasteiger partial charge on any atom is 0.135 e. The summed E-state index contributed by atoms with van der Waals surface area (Å²) in [4.78, 5) is 3.76. The van der Waals surface area contributed by atoms with Gasteiger partial charge in [0.25, 0.3) is 0 Å². The van der Waals surface area contributed by atoms with Crippen molar-refractivity contribution in [2.75, 3.05) is 0 Å². The van der Waals surface area contributed by atoms with Crippen molar-refractivity contribution in [3.63, 3.8) is 0 Å². The van der Waals surface area contributed by atoms with E-state index >= 15 is 0 Å². The highest BCUT2D eigenvalue weighted by Crippen LogP contribution is 2.52. The van der Waals surface area contributed by atoms with Crippen LogP contribution >= 0.6 is 0 Å². The molecule has 0 bridgehead atoms. The Hall–Kier alpha value is -13.8. The van der Waals surface area contributed by atoms with Crippen LogP contribution in [0.25, 0.3) is 231 Å². The van der Waals surface area contributed by atoms with Crippen LogP contribution < -0.4 is 0 Å². The van der Waals surface area contributed by atoms with Gasteiger partial charge < -0.3 is 18.2 Å². The Morgan fingerprint density at radius 2 is 0.433 bits per heavy atom. The van der Waals surface area contributed by atoms with Gasteiger partial charge in [-0.05, 0) is 217 Å². The fraction of sp³-hybridized carbons (Fsp3) is 0. The van der Waals surface area contributed by atoms with Gasteiger partial charge in [0, 0.05) is 54.2 Å². The Morgan fingerprint density at radius 1 is 0.154 bits per heavy atom. The van der Waals surface area contributed by atoms with Crippen molar-refractivity contribution in [2.24, 2.45) is 0 Å². The molecule has 0 aliphatic carbocycles. The number of hydrogen-bond donors (Lipinski definition) is 1. The van der Waals surface area contributed by atoms with E-state index in [-0.39, 0.29) is 0 Å². The Morgan fingerprint density at radius 3 is 0.865 bits per heavy atom. The predicted molar refractivity (Wildman–Crippen MR) is 437 cm³/mol. The van der Waals surface area contributed by atoms with Gasteiger partial charge in [-0.15, -0.1) is 0 Å². The maximum absolute atomic E-state index is 6.70. The highest BCUT2D eigenvalue weighted by Gasteiger charge is 2.25. The molecular weight excluding hydrogens is 1260 g/mol. The average Bonchev–Trinajstić information content (AvgIpc) is 1.28. The Labute approximate surface area is 597 Å². The third-order valence-corrected chi connectivity index (χ3v) is 22.0. The van der Waals surface area contributed by atoms with Gasteiger partial charge in [0.1, 0.15) is 33.5 Å². The molecule has 4 heteroatoms. The molecule has 4 heterocycles.